The van der Waals surface area contributed by atoms with Crippen molar-refractivity contribution in [2.24, 2.45) is 0 Å². The van der Waals surface area contributed by atoms with Gasteiger partial charge in [-0.15, -0.1) is 11.3 Å². The van der Waals surface area contributed by atoms with E-state index in [1.807, 2.05) is 13.0 Å². The first-order valence-electron chi connectivity index (χ1n) is 6.17. The normalized spacial score (nSPS) is 16.8. The van der Waals surface area contributed by atoms with E-state index in [9.17, 15) is 0 Å². The van der Waals surface area contributed by atoms with Gasteiger partial charge in [-0.05, 0) is 37.1 Å². The van der Waals surface area contributed by atoms with Gasteiger partial charge in [-0.3, -0.25) is 4.90 Å². The number of hydrogen-bond donors (Lipinski definition) is 1. The number of nitrogen functional groups attached to an aromatic ring is 1. The molecule has 0 fully saturated rings. The largest absolute Gasteiger partial charge is 0.399 e. The van der Waals surface area contributed by atoms with Crippen LogP contribution in [0.2, 0.25) is 0 Å². The summed E-state index contributed by atoms with van der Waals surface area (Å²) in [5.74, 6) is 0. The van der Waals surface area contributed by atoms with Crippen LogP contribution in [0.4, 0.5) is 5.69 Å². The van der Waals surface area contributed by atoms with E-state index in [0.29, 0.717) is 6.04 Å². The molecule has 4 heteroatoms. The maximum absolute atomic E-state index is 5.84. The third-order valence-corrected chi connectivity index (χ3v) is 4.65. The van der Waals surface area contributed by atoms with Gasteiger partial charge in [0.1, 0.15) is 5.01 Å². The average Bonchev–Trinajstić information content (AvgIpc) is 2.93. The van der Waals surface area contributed by atoms with Crippen molar-refractivity contribution in [1.29, 1.82) is 0 Å². The molecule has 1 atom stereocenters. The number of benzene rings is 1. The van der Waals surface area contributed by atoms with Crippen LogP contribution in [0.1, 0.15) is 34.8 Å². The van der Waals surface area contributed by atoms with Gasteiger partial charge in [0, 0.05) is 29.9 Å². The van der Waals surface area contributed by atoms with Crippen LogP contribution < -0.4 is 5.73 Å². The lowest BCUT2D eigenvalue weighted by Crippen LogP contribution is -2.20. The first kappa shape index (κ1) is 11.7. The Hall–Kier alpha value is -1.39. The summed E-state index contributed by atoms with van der Waals surface area (Å²) in [5.41, 5.74) is 10.6. The van der Waals surface area contributed by atoms with E-state index in [-0.39, 0.29) is 0 Å². The second kappa shape index (κ2) is 4.37. The molecule has 2 N–H and O–H groups in total. The second-order valence-electron chi connectivity index (χ2n) is 4.94. The summed E-state index contributed by atoms with van der Waals surface area (Å²) in [4.78, 5) is 7.03. The average molecular weight is 259 g/mol. The lowest BCUT2D eigenvalue weighted by Gasteiger charge is -2.21. The highest BCUT2D eigenvalue weighted by Gasteiger charge is 2.25. The SMILES string of the molecule is Cc1csc(C(C)N2Cc3ccc(N)cc3C2)n1. The van der Waals surface area contributed by atoms with Crippen LogP contribution in [-0.2, 0) is 13.1 Å². The predicted molar refractivity (Wildman–Crippen MR) is 75.4 cm³/mol. The maximum Gasteiger partial charge on any atom is 0.110 e. The van der Waals surface area contributed by atoms with Crippen molar-refractivity contribution in [3.63, 3.8) is 0 Å². The fraction of sp³-hybridized carbons (Fsp3) is 0.357. The smallest absolute Gasteiger partial charge is 0.110 e. The molecule has 0 spiro atoms. The molecular weight excluding hydrogens is 242 g/mol. The molecule has 3 rings (SSSR count). The third kappa shape index (κ3) is 2.02. The number of nitrogens with two attached hydrogens (primary N) is 1. The minimum absolute atomic E-state index is 0.373. The van der Waals surface area contributed by atoms with Crippen LogP contribution in [0.25, 0.3) is 0 Å². The highest BCUT2D eigenvalue weighted by molar-refractivity contribution is 7.09. The van der Waals surface area contributed by atoms with Gasteiger partial charge in [-0.2, -0.15) is 0 Å². The van der Waals surface area contributed by atoms with Gasteiger partial charge in [0.2, 0.25) is 0 Å². The quantitative estimate of drug-likeness (QED) is 0.843. The summed E-state index contributed by atoms with van der Waals surface area (Å²) in [5, 5.41) is 3.32. The highest BCUT2D eigenvalue weighted by Crippen LogP contribution is 2.32. The van der Waals surface area contributed by atoms with Crippen molar-refractivity contribution >= 4 is 17.0 Å². The minimum atomic E-state index is 0.373. The van der Waals surface area contributed by atoms with E-state index in [2.05, 4.69) is 34.3 Å². The van der Waals surface area contributed by atoms with E-state index >= 15 is 0 Å². The molecule has 1 aromatic heterocycles. The van der Waals surface area contributed by atoms with Gasteiger partial charge in [0.15, 0.2) is 0 Å². The summed E-state index contributed by atoms with van der Waals surface area (Å²) >= 11 is 1.75. The molecule has 2 heterocycles. The number of nitrogens with zero attached hydrogens (tertiary/aromatic N) is 2. The van der Waals surface area contributed by atoms with Gasteiger partial charge in [0.05, 0.1) is 6.04 Å². The Morgan fingerprint density at radius 2 is 2.11 bits per heavy atom. The second-order valence-corrected chi connectivity index (χ2v) is 5.83. The molecule has 1 unspecified atom stereocenters. The molecule has 0 saturated carbocycles. The minimum Gasteiger partial charge on any atom is -0.399 e. The third-order valence-electron chi connectivity index (χ3n) is 3.52. The van der Waals surface area contributed by atoms with E-state index < -0.39 is 0 Å². The zero-order chi connectivity index (χ0) is 12.7. The van der Waals surface area contributed by atoms with Crippen molar-refractivity contribution in [2.75, 3.05) is 5.73 Å². The van der Waals surface area contributed by atoms with Gasteiger partial charge in [0.25, 0.3) is 0 Å². The predicted octanol–water partition coefficient (Wildman–Crippen LogP) is 3.11. The number of hydrogen-bond acceptors (Lipinski definition) is 4. The topological polar surface area (TPSA) is 42.1 Å². The summed E-state index contributed by atoms with van der Waals surface area (Å²) in [7, 11) is 0. The monoisotopic (exact) mass is 259 g/mol. The molecule has 0 aliphatic carbocycles. The van der Waals surface area contributed by atoms with Crippen LogP contribution >= 0.6 is 11.3 Å². The number of anilines is 1. The molecule has 2 aromatic rings. The van der Waals surface area contributed by atoms with Gasteiger partial charge >= 0.3 is 0 Å². The summed E-state index contributed by atoms with van der Waals surface area (Å²) in [6.07, 6.45) is 0. The van der Waals surface area contributed by atoms with E-state index in [0.717, 1.165) is 24.5 Å². The maximum atomic E-state index is 5.84. The molecule has 0 amide bonds. The Morgan fingerprint density at radius 1 is 1.33 bits per heavy atom. The molecule has 3 nitrogen and oxygen atoms in total. The Morgan fingerprint density at radius 3 is 2.83 bits per heavy atom. The highest BCUT2D eigenvalue weighted by atomic mass is 32.1. The van der Waals surface area contributed by atoms with Crippen molar-refractivity contribution in [3.8, 4) is 0 Å². The summed E-state index contributed by atoms with van der Waals surface area (Å²) in [6.45, 7) is 6.25. The van der Waals surface area contributed by atoms with Crippen LogP contribution in [-0.4, -0.2) is 9.88 Å². The standard InChI is InChI=1S/C14H17N3S/c1-9-8-18-14(16-9)10(2)17-6-11-3-4-13(15)5-12(11)7-17/h3-5,8,10H,6-7,15H2,1-2H3. The zero-order valence-electron chi connectivity index (χ0n) is 10.7. The Balaban J connectivity index is 1.81. The fourth-order valence-electron chi connectivity index (χ4n) is 2.43. The number of thiazole rings is 1. The first-order chi connectivity index (χ1) is 8.63. The number of aryl methyl sites for hydroxylation is 1. The molecular formula is C14H17N3S. The Bertz CT molecular complexity index is 576. The summed E-state index contributed by atoms with van der Waals surface area (Å²) in [6, 6.07) is 6.59. The van der Waals surface area contributed by atoms with Crippen LogP contribution in [0, 0.1) is 6.92 Å². The molecule has 1 aliphatic rings. The molecule has 0 saturated heterocycles. The van der Waals surface area contributed by atoms with E-state index in [1.54, 1.807) is 11.3 Å². The lowest BCUT2D eigenvalue weighted by molar-refractivity contribution is 0.214. The number of rotatable bonds is 2. The van der Waals surface area contributed by atoms with Crippen molar-refractivity contribution in [1.82, 2.24) is 9.88 Å². The van der Waals surface area contributed by atoms with Crippen LogP contribution in [0.3, 0.4) is 0 Å². The number of aromatic nitrogens is 1. The first-order valence-corrected chi connectivity index (χ1v) is 7.05. The molecule has 1 aliphatic heterocycles. The lowest BCUT2D eigenvalue weighted by atomic mass is 10.1. The van der Waals surface area contributed by atoms with Gasteiger partial charge in [-0.1, -0.05) is 6.07 Å². The van der Waals surface area contributed by atoms with Crippen LogP contribution in [0.5, 0.6) is 0 Å². The van der Waals surface area contributed by atoms with Gasteiger partial charge < -0.3 is 5.73 Å². The molecule has 94 valence electrons. The molecule has 0 radical (unpaired) electrons. The van der Waals surface area contributed by atoms with Gasteiger partial charge in [-0.25, -0.2) is 4.98 Å². The zero-order valence-corrected chi connectivity index (χ0v) is 11.5. The molecule has 18 heavy (non-hydrogen) atoms. The van der Waals surface area contributed by atoms with Crippen molar-refractivity contribution in [2.45, 2.75) is 33.0 Å². The van der Waals surface area contributed by atoms with E-state index in [1.165, 1.54) is 16.1 Å². The molecule has 1 aromatic carbocycles. The number of fused-ring (bicyclic) bond motifs is 1. The Labute approximate surface area is 111 Å². The van der Waals surface area contributed by atoms with E-state index in [4.69, 9.17) is 5.73 Å². The van der Waals surface area contributed by atoms with Crippen LogP contribution in [0.15, 0.2) is 23.6 Å². The fourth-order valence-corrected chi connectivity index (χ4v) is 3.32. The molecule has 0 bridgehead atoms. The van der Waals surface area contributed by atoms with Crippen molar-refractivity contribution < 1.29 is 0 Å². The van der Waals surface area contributed by atoms with Crippen molar-refractivity contribution in [3.05, 3.63) is 45.4 Å². The Kier molecular flexibility index (Phi) is 2.84. The summed E-state index contributed by atoms with van der Waals surface area (Å²) < 4.78 is 0.